The highest BCUT2D eigenvalue weighted by Crippen LogP contribution is 2.35. The van der Waals surface area contributed by atoms with Crippen LogP contribution in [0.25, 0.3) is 0 Å². The van der Waals surface area contributed by atoms with Gasteiger partial charge < -0.3 is 5.32 Å². The predicted octanol–water partition coefficient (Wildman–Crippen LogP) is 4.27. The first-order valence-corrected chi connectivity index (χ1v) is 15.3. The minimum Gasteiger partial charge on any atom is -0.326 e. The summed E-state index contributed by atoms with van der Waals surface area (Å²) in [5.41, 5.74) is 1.75. The molecule has 0 radical (unpaired) electrons. The fourth-order valence-electron chi connectivity index (χ4n) is 4.79. The lowest BCUT2D eigenvalue weighted by molar-refractivity contribution is -0.120. The molecule has 3 aromatic carbocycles. The minimum atomic E-state index is -3.87. The SMILES string of the molecule is O=C(Nc1ccc2c(c1)N(S(=O)(=O)c1ccc(Cl)cc1)CC2)[C@@H]1CCCN(S(=O)(=O)c2ccc(F)cc2)C1. The third-order valence-electron chi connectivity index (χ3n) is 6.81. The van der Waals surface area contributed by atoms with Crippen LogP contribution in [-0.2, 0) is 31.3 Å². The largest absolute Gasteiger partial charge is 0.326 e. The third kappa shape index (κ3) is 5.15. The molecular formula is C26H25ClFN3O5S2. The minimum absolute atomic E-state index is 0.00639. The van der Waals surface area contributed by atoms with Crippen molar-refractivity contribution in [2.24, 2.45) is 5.92 Å². The standard InChI is InChI=1S/C26H25ClFN3O5S2/c27-20-4-9-24(10-5-20)38(35,36)31-15-13-18-3-8-22(16-25(18)31)29-26(32)19-2-1-14-30(17-19)37(33,34)23-11-6-21(28)7-12-23/h3-12,16,19H,1-2,13-15,17H2,(H,29,32)/t19-/m1/s1. The van der Waals surface area contributed by atoms with E-state index in [1.54, 1.807) is 18.2 Å². The zero-order valence-electron chi connectivity index (χ0n) is 20.2. The smallest absolute Gasteiger partial charge is 0.264 e. The van der Waals surface area contributed by atoms with Crippen molar-refractivity contribution in [2.75, 3.05) is 29.3 Å². The lowest BCUT2D eigenvalue weighted by Crippen LogP contribution is -2.43. The maximum absolute atomic E-state index is 13.3. The van der Waals surface area contributed by atoms with Gasteiger partial charge in [0.05, 0.1) is 21.4 Å². The van der Waals surface area contributed by atoms with Crippen LogP contribution in [0.5, 0.6) is 0 Å². The van der Waals surface area contributed by atoms with Gasteiger partial charge in [0, 0.05) is 30.3 Å². The summed E-state index contributed by atoms with van der Waals surface area (Å²) >= 11 is 5.91. The van der Waals surface area contributed by atoms with Crippen LogP contribution in [0.15, 0.2) is 76.5 Å². The molecule has 0 saturated carbocycles. The molecule has 2 aliphatic rings. The van der Waals surface area contributed by atoms with E-state index in [9.17, 15) is 26.0 Å². The molecule has 0 spiro atoms. The van der Waals surface area contributed by atoms with Gasteiger partial charge in [-0.3, -0.25) is 9.10 Å². The zero-order chi connectivity index (χ0) is 27.1. The highest BCUT2D eigenvalue weighted by atomic mass is 35.5. The summed E-state index contributed by atoms with van der Waals surface area (Å²) in [4.78, 5) is 13.2. The molecule has 5 rings (SSSR count). The number of halogens is 2. The molecule has 0 aliphatic carbocycles. The Morgan fingerprint density at radius 2 is 1.55 bits per heavy atom. The number of amides is 1. The van der Waals surface area contributed by atoms with Crippen LogP contribution >= 0.6 is 11.6 Å². The predicted molar refractivity (Wildman–Crippen MR) is 143 cm³/mol. The first-order chi connectivity index (χ1) is 18.1. The molecule has 0 bridgehead atoms. The molecular weight excluding hydrogens is 553 g/mol. The molecule has 8 nitrogen and oxygen atoms in total. The van der Waals surface area contributed by atoms with Crippen molar-refractivity contribution < 1.29 is 26.0 Å². The number of piperidine rings is 1. The van der Waals surface area contributed by atoms with Crippen LogP contribution < -0.4 is 9.62 Å². The average Bonchev–Trinajstić information content (AvgIpc) is 3.33. The number of carbonyl (C=O) groups is 1. The van der Waals surface area contributed by atoms with E-state index in [1.165, 1.54) is 45.0 Å². The molecule has 1 amide bonds. The van der Waals surface area contributed by atoms with Gasteiger partial charge in [0.1, 0.15) is 5.82 Å². The number of carbonyl (C=O) groups excluding carboxylic acids is 1. The first-order valence-electron chi connectivity index (χ1n) is 12.0. The van der Waals surface area contributed by atoms with Crippen molar-refractivity contribution in [3.63, 3.8) is 0 Å². The molecule has 200 valence electrons. The van der Waals surface area contributed by atoms with Crippen LogP contribution in [0.3, 0.4) is 0 Å². The molecule has 38 heavy (non-hydrogen) atoms. The summed E-state index contributed by atoms with van der Waals surface area (Å²) in [6, 6.07) is 15.7. The van der Waals surface area contributed by atoms with E-state index < -0.39 is 31.8 Å². The Morgan fingerprint density at radius 3 is 2.26 bits per heavy atom. The molecule has 1 N–H and O–H groups in total. The molecule has 0 aromatic heterocycles. The van der Waals surface area contributed by atoms with Crippen LogP contribution in [0.1, 0.15) is 18.4 Å². The summed E-state index contributed by atoms with van der Waals surface area (Å²) in [6.45, 7) is 0.532. The van der Waals surface area contributed by atoms with Crippen molar-refractivity contribution in [2.45, 2.75) is 29.1 Å². The number of hydrogen-bond acceptors (Lipinski definition) is 5. The molecule has 2 heterocycles. The number of hydrogen-bond donors (Lipinski definition) is 1. The summed E-state index contributed by atoms with van der Waals surface area (Å²) < 4.78 is 68.4. The van der Waals surface area contributed by atoms with Crippen LogP contribution in [0.2, 0.25) is 5.02 Å². The molecule has 3 aromatic rings. The molecule has 1 atom stereocenters. The highest BCUT2D eigenvalue weighted by Gasteiger charge is 2.34. The van der Waals surface area contributed by atoms with Crippen molar-refractivity contribution in [1.82, 2.24) is 4.31 Å². The van der Waals surface area contributed by atoms with Gasteiger partial charge in [-0.2, -0.15) is 4.31 Å². The average molecular weight is 578 g/mol. The Morgan fingerprint density at radius 1 is 0.895 bits per heavy atom. The normalized spacial score (nSPS) is 18.3. The zero-order valence-corrected chi connectivity index (χ0v) is 22.6. The topological polar surface area (TPSA) is 104 Å². The number of sulfonamides is 2. The number of rotatable bonds is 6. The number of benzene rings is 3. The number of nitrogens with one attached hydrogen (secondary N) is 1. The second-order valence-corrected chi connectivity index (χ2v) is 13.5. The van der Waals surface area contributed by atoms with Crippen molar-refractivity contribution in [3.05, 3.63) is 83.1 Å². The Balaban J connectivity index is 1.32. The molecule has 2 aliphatic heterocycles. The van der Waals surface area contributed by atoms with Gasteiger partial charge in [-0.25, -0.2) is 21.2 Å². The lowest BCUT2D eigenvalue weighted by Gasteiger charge is -2.31. The van der Waals surface area contributed by atoms with Gasteiger partial charge >= 0.3 is 0 Å². The van der Waals surface area contributed by atoms with Crippen molar-refractivity contribution in [1.29, 1.82) is 0 Å². The Labute approximate surface area is 226 Å². The number of nitrogens with zero attached hydrogens (tertiary/aromatic N) is 2. The lowest BCUT2D eigenvalue weighted by atomic mass is 9.98. The van der Waals surface area contributed by atoms with E-state index in [2.05, 4.69) is 5.32 Å². The van der Waals surface area contributed by atoms with E-state index in [-0.39, 0.29) is 35.3 Å². The van der Waals surface area contributed by atoms with Gasteiger partial charge in [0.2, 0.25) is 15.9 Å². The van der Waals surface area contributed by atoms with E-state index in [1.807, 2.05) is 0 Å². The Hall–Kier alpha value is -2.99. The van der Waals surface area contributed by atoms with Gasteiger partial charge in [-0.15, -0.1) is 0 Å². The van der Waals surface area contributed by atoms with Gasteiger partial charge in [0.15, 0.2) is 0 Å². The van der Waals surface area contributed by atoms with E-state index in [0.717, 1.165) is 17.7 Å². The molecule has 1 saturated heterocycles. The van der Waals surface area contributed by atoms with Crippen molar-refractivity contribution in [3.8, 4) is 0 Å². The number of anilines is 2. The van der Waals surface area contributed by atoms with Gasteiger partial charge in [-0.05, 0) is 85.5 Å². The maximum atomic E-state index is 13.3. The van der Waals surface area contributed by atoms with Crippen LogP contribution in [0.4, 0.5) is 15.8 Å². The second kappa shape index (κ2) is 10.3. The second-order valence-electron chi connectivity index (χ2n) is 9.27. The number of fused-ring (bicyclic) bond motifs is 1. The van der Waals surface area contributed by atoms with E-state index >= 15 is 0 Å². The van der Waals surface area contributed by atoms with Gasteiger partial charge in [-0.1, -0.05) is 17.7 Å². The summed E-state index contributed by atoms with van der Waals surface area (Å²) in [7, 11) is -7.70. The fourth-order valence-corrected chi connectivity index (χ4v) is 7.93. The van der Waals surface area contributed by atoms with Gasteiger partial charge in [0.25, 0.3) is 10.0 Å². The van der Waals surface area contributed by atoms with Crippen LogP contribution in [-0.4, -0.2) is 46.7 Å². The van der Waals surface area contributed by atoms with E-state index in [4.69, 9.17) is 11.6 Å². The molecule has 0 unspecified atom stereocenters. The summed E-state index contributed by atoms with van der Waals surface area (Å²) in [5.74, 6) is -1.48. The quantitative estimate of drug-likeness (QED) is 0.471. The van der Waals surface area contributed by atoms with E-state index in [0.29, 0.717) is 35.7 Å². The Bertz CT molecular complexity index is 1580. The summed E-state index contributed by atoms with van der Waals surface area (Å²) in [6.07, 6.45) is 1.54. The monoisotopic (exact) mass is 577 g/mol. The summed E-state index contributed by atoms with van der Waals surface area (Å²) in [5, 5.41) is 3.26. The van der Waals surface area contributed by atoms with Crippen molar-refractivity contribution >= 4 is 48.9 Å². The Kier molecular flexibility index (Phi) is 7.21. The molecule has 1 fully saturated rings. The van der Waals surface area contributed by atoms with Crippen LogP contribution in [0, 0.1) is 11.7 Å². The third-order valence-corrected chi connectivity index (χ3v) is 10.8. The highest BCUT2D eigenvalue weighted by molar-refractivity contribution is 7.92. The molecule has 12 heteroatoms. The first kappa shape index (κ1) is 26.6. The maximum Gasteiger partial charge on any atom is 0.264 e. The fraction of sp³-hybridized carbons (Fsp3) is 0.269.